The molecule has 19 heavy (non-hydrogen) atoms. The van der Waals surface area contributed by atoms with Gasteiger partial charge in [0.2, 0.25) is 5.91 Å². The number of amides is 1. The summed E-state index contributed by atoms with van der Waals surface area (Å²) < 4.78 is 0. The Morgan fingerprint density at radius 2 is 1.89 bits per heavy atom. The lowest BCUT2D eigenvalue weighted by Gasteiger charge is -2.15. The van der Waals surface area contributed by atoms with Crippen LogP contribution in [0.15, 0.2) is 24.3 Å². The molecule has 2 unspecified atom stereocenters. The normalized spacial score (nSPS) is 22.5. The molecule has 1 amide bonds. The number of nitrogens with zero attached hydrogens (tertiary/aromatic N) is 1. The molecule has 2 atom stereocenters. The average molecular weight is 261 g/mol. The lowest BCUT2D eigenvalue weighted by atomic mass is 9.99. The van der Waals surface area contributed by atoms with E-state index in [1.54, 1.807) is 4.90 Å². The van der Waals surface area contributed by atoms with E-state index in [2.05, 4.69) is 0 Å². The van der Waals surface area contributed by atoms with E-state index in [0.717, 1.165) is 11.1 Å². The van der Waals surface area contributed by atoms with Crippen molar-refractivity contribution in [3.63, 3.8) is 0 Å². The number of carboxylic acids is 1. The van der Waals surface area contributed by atoms with Crippen LogP contribution in [0.1, 0.15) is 18.1 Å². The van der Waals surface area contributed by atoms with Gasteiger partial charge in [0.25, 0.3) is 0 Å². The van der Waals surface area contributed by atoms with Crippen molar-refractivity contribution in [1.82, 2.24) is 4.90 Å². The van der Waals surface area contributed by atoms with Crippen LogP contribution in [0, 0.1) is 18.8 Å². The van der Waals surface area contributed by atoms with Gasteiger partial charge in [-0.2, -0.15) is 0 Å². The fourth-order valence-corrected chi connectivity index (χ4v) is 2.48. The van der Waals surface area contributed by atoms with E-state index in [-0.39, 0.29) is 11.8 Å². The van der Waals surface area contributed by atoms with Crippen molar-refractivity contribution in [2.45, 2.75) is 20.3 Å². The molecule has 0 aromatic heterocycles. The first-order valence-electron chi connectivity index (χ1n) is 6.53. The molecule has 4 heteroatoms. The molecule has 0 bridgehead atoms. The molecular weight excluding hydrogens is 242 g/mol. The molecule has 1 heterocycles. The number of rotatable bonds is 3. The zero-order chi connectivity index (χ0) is 14.0. The second kappa shape index (κ2) is 5.43. The Morgan fingerprint density at radius 3 is 2.42 bits per heavy atom. The van der Waals surface area contributed by atoms with Gasteiger partial charge in [-0.3, -0.25) is 9.59 Å². The Bertz CT molecular complexity index is 481. The number of aliphatic carboxylic acids is 1. The molecule has 0 spiro atoms. The third-order valence-corrected chi connectivity index (χ3v) is 3.76. The molecule has 1 aliphatic heterocycles. The molecule has 1 aromatic carbocycles. The Labute approximate surface area is 113 Å². The van der Waals surface area contributed by atoms with Gasteiger partial charge < -0.3 is 10.0 Å². The number of benzene rings is 1. The number of likely N-dealkylation sites (tertiary alicyclic amines) is 1. The molecule has 1 aromatic rings. The molecule has 0 radical (unpaired) electrons. The highest BCUT2D eigenvalue weighted by atomic mass is 16.4. The summed E-state index contributed by atoms with van der Waals surface area (Å²) in [5.74, 6) is -1.20. The van der Waals surface area contributed by atoms with Gasteiger partial charge in [-0.25, -0.2) is 0 Å². The minimum atomic E-state index is -0.807. The number of carbonyl (C=O) groups excluding carboxylic acids is 1. The third kappa shape index (κ3) is 3.13. The SMILES string of the molecule is Cc1ccc(CC(=O)N2CC(C)C(C(=O)O)C2)cc1. The monoisotopic (exact) mass is 261 g/mol. The van der Waals surface area contributed by atoms with Gasteiger partial charge in [-0.05, 0) is 18.4 Å². The molecule has 4 nitrogen and oxygen atoms in total. The lowest BCUT2D eigenvalue weighted by Crippen LogP contribution is -2.31. The first-order chi connectivity index (χ1) is 8.97. The number of carbonyl (C=O) groups is 2. The number of hydrogen-bond donors (Lipinski definition) is 1. The van der Waals surface area contributed by atoms with Gasteiger partial charge in [0.1, 0.15) is 0 Å². The topological polar surface area (TPSA) is 57.6 Å². The minimum Gasteiger partial charge on any atom is -0.481 e. The van der Waals surface area contributed by atoms with E-state index >= 15 is 0 Å². The van der Waals surface area contributed by atoms with Crippen LogP contribution in [0.3, 0.4) is 0 Å². The van der Waals surface area contributed by atoms with Gasteiger partial charge >= 0.3 is 5.97 Å². The van der Waals surface area contributed by atoms with Crippen LogP contribution in [0.25, 0.3) is 0 Å². The zero-order valence-electron chi connectivity index (χ0n) is 11.3. The van der Waals surface area contributed by atoms with Gasteiger partial charge in [0.15, 0.2) is 0 Å². The summed E-state index contributed by atoms with van der Waals surface area (Å²) in [6.45, 7) is 4.77. The van der Waals surface area contributed by atoms with Crippen LogP contribution >= 0.6 is 0 Å². The molecule has 1 saturated heterocycles. The Hall–Kier alpha value is -1.84. The Kier molecular flexibility index (Phi) is 3.88. The standard InChI is InChI=1S/C15H19NO3/c1-10-3-5-12(6-4-10)7-14(17)16-8-11(2)13(9-16)15(18)19/h3-6,11,13H,7-9H2,1-2H3,(H,18,19). The van der Waals surface area contributed by atoms with Crippen LogP contribution in [0.2, 0.25) is 0 Å². The Balaban J connectivity index is 1.98. The van der Waals surface area contributed by atoms with Crippen molar-refractivity contribution in [2.75, 3.05) is 13.1 Å². The highest BCUT2D eigenvalue weighted by Gasteiger charge is 2.36. The number of carboxylic acid groups (broad SMARTS) is 1. The van der Waals surface area contributed by atoms with E-state index in [4.69, 9.17) is 5.11 Å². The van der Waals surface area contributed by atoms with Crippen LogP contribution < -0.4 is 0 Å². The summed E-state index contributed by atoms with van der Waals surface area (Å²) in [6.07, 6.45) is 0.347. The van der Waals surface area contributed by atoms with E-state index in [1.807, 2.05) is 38.1 Å². The largest absolute Gasteiger partial charge is 0.481 e. The summed E-state index contributed by atoms with van der Waals surface area (Å²) >= 11 is 0. The van der Waals surface area contributed by atoms with Crippen LogP contribution in [0.5, 0.6) is 0 Å². The molecule has 2 rings (SSSR count). The third-order valence-electron chi connectivity index (χ3n) is 3.76. The van der Waals surface area contributed by atoms with Crippen LogP contribution in [-0.4, -0.2) is 35.0 Å². The molecule has 0 saturated carbocycles. The van der Waals surface area contributed by atoms with E-state index < -0.39 is 11.9 Å². The number of hydrogen-bond acceptors (Lipinski definition) is 2. The molecular formula is C15H19NO3. The molecule has 1 aliphatic rings. The van der Waals surface area contributed by atoms with Crippen molar-refractivity contribution in [3.8, 4) is 0 Å². The predicted molar refractivity (Wildman–Crippen MR) is 71.8 cm³/mol. The maximum atomic E-state index is 12.1. The second-order valence-corrected chi connectivity index (χ2v) is 5.38. The van der Waals surface area contributed by atoms with E-state index in [0.29, 0.717) is 19.5 Å². The van der Waals surface area contributed by atoms with Crippen molar-refractivity contribution in [3.05, 3.63) is 35.4 Å². The fraction of sp³-hybridized carbons (Fsp3) is 0.467. The van der Waals surface area contributed by atoms with Gasteiger partial charge in [0.05, 0.1) is 12.3 Å². The van der Waals surface area contributed by atoms with Crippen molar-refractivity contribution in [1.29, 1.82) is 0 Å². The highest BCUT2D eigenvalue weighted by molar-refractivity contribution is 5.80. The Morgan fingerprint density at radius 1 is 1.26 bits per heavy atom. The summed E-state index contributed by atoms with van der Waals surface area (Å²) in [6, 6.07) is 7.85. The smallest absolute Gasteiger partial charge is 0.308 e. The van der Waals surface area contributed by atoms with E-state index in [1.165, 1.54) is 0 Å². The first-order valence-corrected chi connectivity index (χ1v) is 6.53. The molecule has 0 aliphatic carbocycles. The van der Waals surface area contributed by atoms with Crippen molar-refractivity contribution >= 4 is 11.9 Å². The zero-order valence-corrected chi connectivity index (χ0v) is 11.3. The summed E-state index contributed by atoms with van der Waals surface area (Å²) in [5.41, 5.74) is 2.14. The predicted octanol–water partition coefficient (Wildman–Crippen LogP) is 1.72. The maximum absolute atomic E-state index is 12.1. The lowest BCUT2D eigenvalue weighted by molar-refractivity contribution is -0.142. The first kappa shape index (κ1) is 13.6. The van der Waals surface area contributed by atoms with Crippen LogP contribution in [0.4, 0.5) is 0 Å². The van der Waals surface area contributed by atoms with Gasteiger partial charge in [-0.1, -0.05) is 36.8 Å². The second-order valence-electron chi connectivity index (χ2n) is 5.38. The number of aryl methyl sites for hydroxylation is 1. The summed E-state index contributed by atoms with van der Waals surface area (Å²) in [4.78, 5) is 24.9. The molecule has 102 valence electrons. The van der Waals surface area contributed by atoms with E-state index in [9.17, 15) is 9.59 Å². The van der Waals surface area contributed by atoms with Crippen molar-refractivity contribution < 1.29 is 14.7 Å². The quantitative estimate of drug-likeness (QED) is 0.901. The van der Waals surface area contributed by atoms with Crippen molar-refractivity contribution in [2.24, 2.45) is 11.8 Å². The fourth-order valence-electron chi connectivity index (χ4n) is 2.48. The van der Waals surface area contributed by atoms with Gasteiger partial charge in [-0.15, -0.1) is 0 Å². The minimum absolute atomic E-state index is 0.0134. The highest BCUT2D eigenvalue weighted by Crippen LogP contribution is 2.23. The van der Waals surface area contributed by atoms with Gasteiger partial charge in [0, 0.05) is 13.1 Å². The van der Waals surface area contributed by atoms with Crippen LogP contribution in [-0.2, 0) is 16.0 Å². The maximum Gasteiger partial charge on any atom is 0.308 e. The average Bonchev–Trinajstić information content (AvgIpc) is 2.74. The summed E-state index contributed by atoms with van der Waals surface area (Å²) in [7, 11) is 0. The molecule has 1 fully saturated rings. The summed E-state index contributed by atoms with van der Waals surface area (Å²) in [5, 5.41) is 9.07. The molecule has 1 N–H and O–H groups in total.